The van der Waals surface area contributed by atoms with E-state index in [1.807, 2.05) is 25.2 Å². The monoisotopic (exact) mass is 297 g/mol. The van der Waals surface area contributed by atoms with Crippen LogP contribution >= 0.6 is 0 Å². The smallest absolute Gasteiger partial charge is 0.122 e. The molecule has 0 unspecified atom stereocenters. The minimum atomic E-state index is 0.537. The molecule has 1 aromatic rings. The van der Waals surface area contributed by atoms with E-state index in [1.165, 1.54) is 11.1 Å². The van der Waals surface area contributed by atoms with Crippen LogP contribution in [0.25, 0.3) is 5.57 Å². The Kier molecular flexibility index (Phi) is 7.41. The van der Waals surface area contributed by atoms with Crippen molar-refractivity contribution in [2.45, 2.75) is 26.7 Å². The number of ether oxygens (including phenoxy) is 1. The maximum absolute atomic E-state index is 5.63. The van der Waals surface area contributed by atoms with E-state index in [4.69, 9.17) is 10.5 Å². The summed E-state index contributed by atoms with van der Waals surface area (Å²) in [5, 5.41) is 0. The molecule has 0 aliphatic carbocycles. The lowest BCUT2D eigenvalue weighted by molar-refractivity contribution is 0.411. The molecule has 118 valence electrons. The highest BCUT2D eigenvalue weighted by atomic mass is 16.5. The molecule has 0 spiro atoms. The molecule has 0 atom stereocenters. The molecule has 0 amide bonds. The quantitative estimate of drug-likeness (QED) is 0.562. The zero-order chi connectivity index (χ0) is 16.5. The van der Waals surface area contributed by atoms with Gasteiger partial charge in [-0.3, -0.25) is 0 Å². The molecule has 0 aliphatic rings. The second-order valence-corrected chi connectivity index (χ2v) is 5.27. The van der Waals surface area contributed by atoms with Crippen LogP contribution in [0.3, 0.4) is 0 Å². The summed E-state index contributed by atoms with van der Waals surface area (Å²) in [7, 11) is 1.71. The van der Waals surface area contributed by atoms with E-state index in [1.54, 1.807) is 7.11 Å². The molecule has 1 aromatic carbocycles. The van der Waals surface area contributed by atoms with Crippen LogP contribution in [0, 0.1) is 6.92 Å². The lowest BCUT2D eigenvalue weighted by atomic mass is 9.94. The first kappa shape index (κ1) is 18.0. The number of methoxy groups -OCH3 is 1. The first-order valence-electron chi connectivity index (χ1n) is 7.57. The Morgan fingerprint density at radius 1 is 1.36 bits per heavy atom. The van der Waals surface area contributed by atoms with Crippen molar-refractivity contribution in [1.82, 2.24) is 0 Å². The fourth-order valence-electron chi connectivity index (χ4n) is 2.28. The Morgan fingerprint density at radius 3 is 2.64 bits per heavy atom. The zero-order valence-electron chi connectivity index (χ0n) is 14.0. The van der Waals surface area contributed by atoms with Crippen LogP contribution in [0.4, 0.5) is 0 Å². The number of nitrogens with two attached hydrogens (primary N) is 1. The van der Waals surface area contributed by atoms with E-state index in [2.05, 4.69) is 38.3 Å². The predicted octanol–water partition coefficient (Wildman–Crippen LogP) is 4.60. The van der Waals surface area contributed by atoms with Crippen LogP contribution in [0.2, 0.25) is 0 Å². The van der Waals surface area contributed by atoms with Gasteiger partial charge in [0.25, 0.3) is 0 Å². The maximum Gasteiger partial charge on any atom is 0.122 e. The molecule has 0 saturated carbocycles. The van der Waals surface area contributed by atoms with Crippen molar-refractivity contribution < 1.29 is 4.74 Å². The minimum absolute atomic E-state index is 0.537. The summed E-state index contributed by atoms with van der Waals surface area (Å²) in [6, 6.07) is 4.27. The lowest BCUT2D eigenvalue weighted by Crippen LogP contribution is -2.04. The number of aryl methyl sites for hydroxylation is 1. The van der Waals surface area contributed by atoms with Crippen LogP contribution in [0.1, 0.15) is 30.0 Å². The Hall–Kier alpha value is -2.06. The highest BCUT2D eigenvalue weighted by Gasteiger charge is 2.09. The van der Waals surface area contributed by atoms with Crippen molar-refractivity contribution in [1.29, 1.82) is 0 Å². The Bertz CT molecular complexity index is 594. The summed E-state index contributed by atoms with van der Waals surface area (Å²) < 4.78 is 5.53. The van der Waals surface area contributed by atoms with Crippen molar-refractivity contribution in [3.63, 3.8) is 0 Å². The molecule has 0 aliphatic heterocycles. The first-order chi connectivity index (χ1) is 10.6. The number of allylic oxidation sites excluding steroid dienone is 5. The normalized spacial score (nSPS) is 11.7. The van der Waals surface area contributed by atoms with Gasteiger partial charge in [0, 0.05) is 6.54 Å². The number of benzene rings is 1. The van der Waals surface area contributed by atoms with E-state index < -0.39 is 0 Å². The minimum Gasteiger partial charge on any atom is -0.496 e. The van der Waals surface area contributed by atoms with E-state index in [9.17, 15) is 0 Å². The fraction of sp³-hybridized carbons (Fsp3) is 0.300. The highest BCUT2D eigenvalue weighted by molar-refractivity contribution is 5.76. The van der Waals surface area contributed by atoms with Gasteiger partial charge in [-0.15, -0.1) is 0 Å². The summed E-state index contributed by atoms with van der Waals surface area (Å²) in [6.45, 7) is 12.5. The molecule has 2 nitrogen and oxygen atoms in total. The predicted molar refractivity (Wildman–Crippen MR) is 97.2 cm³/mol. The van der Waals surface area contributed by atoms with Crippen LogP contribution < -0.4 is 10.5 Å². The second-order valence-electron chi connectivity index (χ2n) is 5.27. The van der Waals surface area contributed by atoms with Gasteiger partial charge in [0.15, 0.2) is 0 Å². The van der Waals surface area contributed by atoms with E-state index in [0.29, 0.717) is 6.54 Å². The Morgan fingerprint density at radius 2 is 2.09 bits per heavy atom. The molecular formula is C20H27NO. The van der Waals surface area contributed by atoms with Crippen molar-refractivity contribution in [2.24, 2.45) is 5.73 Å². The van der Waals surface area contributed by atoms with Crippen molar-refractivity contribution in [2.75, 3.05) is 13.7 Å². The molecule has 2 heteroatoms. The molecular weight excluding hydrogens is 270 g/mol. The number of rotatable bonds is 8. The molecule has 0 aromatic heterocycles. The zero-order valence-corrected chi connectivity index (χ0v) is 14.0. The van der Waals surface area contributed by atoms with Crippen molar-refractivity contribution in [3.05, 3.63) is 71.9 Å². The molecule has 1 rings (SSSR count). The molecule has 0 saturated heterocycles. The summed E-state index contributed by atoms with van der Waals surface area (Å²) >= 11 is 0. The van der Waals surface area contributed by atoms with Crippen molar-refractivity contribution >= 4 is 5.57 Å². The molecule has 2 N–H and O–H groups in total. The van der Waals surface area contributed by atoms with Gasteiger partial charge >= 0.3 is 0 Å². The van der Waals surface area contributed by atoms with Gasteiger partial charge in [0.05, 0.1) is 7.11 Å². The average molecular weight is 297 g/mol. The second kappa shape index (κ2) is 9.06. The van der Waals surface area contributed by atoms with Crippen LogP contribution in [0.15, 0.2) is 55.2 Å². The largest absolute Gasteiger partial charge is 0.496 e. The van der Waals surface area contributed by atoms with Gasteiger partial charge < -0.3 is 10.5 Å². The molecule has 0 heterocycles. The van der Waals surface area contributed by atoms with Gasteiger partial charge in [-0.1, -0.05) is 49.1 Å². The van der Waals surface area contributed by atoms with Crippen molar-refractivity contribution in [3.8, 4) is 5.75 Å². The topological polar surface area (TPSA) is 35.2 Å². The summed E-state index contributed by atoms with van der Waals surface area (Å²) in [5.74, 6) is 0.902. The first-order valence-corrected chi connectivity index (χ1v) is 7.57. The summed E-state index contributed by atoms with van der Waals surface area (Å²) in [6.07, 6.45) is 9.75. The maximum atomic E-state index is 5.63. The summed E-state index contributed by atoms with van der Waals surface area (Å²) in [4.78, 5) is 0. The van der Waals surface area contributed by atoms with Gasteiger partial charge in [-0.2, -0.15) is 0 Å². The van der Waals surface area contributed by atoms with E-state index in [0.717, 1.165) is 35.3 Å². The molecule has 0 fully saturated rings. The lowest BCUT2D eigenvalue weighted by Gasteiger charge is -2.14. The Balaban J connectivity index is 3.24. The SMILES string of the molecule is C=C/C(=C\C=C/C)c1cc(CCC(=C)CN)c(C)c(OC)c1. The molecule has 0 radical (unpaired) electrons. The van der Waals surface area contributed by atoms with Gasteiger partial charge in [-0.25, -0.2) is 0 Å². The third-order valence-electron chi connectivity index (χ3n) is 3.75. The van der Waals surface area contributed by atoms with Gasteiger partial charge in [-0.05, 0) is 55.0 Å². The highest BCUT2D eigenvalue weighted by Crippen LogP contribution is 2.29. The van der Waals surface area contributed by atoms with Crippen LogP contribution in [-0.2, 0) is 6.42 Å². The van der Waals surface area contributed by atoms with Gasteiger partial charge in [0.2, 0.25) is 0 Å². The van der Waals surface area contributed by atoms with Gasteiger partial charge in [0.1, 0.15) is 5.75 Å². The summed E-state index contributed by atoms with van der Waals surface area (Å²) in [5.41, 5.74) is 11.3. The van der Waals surface area contributed by atoms with Crippen LogP contribution in [-0.4, -0.2) is 13.7 Å². The van der Waals surface area contributed by atoms with E-state index >= 15 is 0 Å². The fourth-order valence-corrected chi connectivity index (χ4v) is 2.28. The third-order valence-corrected chi connectivity index (χ3v) is 3.75. The van der Waals surface area contributed by atoms with E-state index in [-0.39, 0.29) is 0 Å². The number of hydrogen-bond acceptors (Lipinski definition) is 2. The number of hydrogen-bond donors (Lipinski definition) is 1. The average Bonchev–Trinajstić information content (AvgIpc) is 2.54. The standard InChI is InChI=1S/C20H27NO/c1-6-8-9-17(7-2)19-12-18(11-10-15(3)14-21)16(4)20(13-19)22-5/h6-9,12-13H,2-3,10-11,14,21H2,1,4-5H3/b8-6-,17-9+. The molecule has 0 bridgehead atoms. The Labute approximate surface area is 134 Å². The van der Waals surface area contributed by atoms with Crippen LogP contribution in [0.5, 0.6) is 5.75 Å². The molecule has 22 heavy (non-hydrogen) atoms. The third kappa shape index (κ3) is 4.74.